The van der Waals surface area contributed by atoms with E-state index >= 15 is 0 Å². The Kier molecular flexibility index (Phi) is 5.25. The number of nitrogens with one attached hydrogen (secondary N) is 1. The number of hydrogen-bond donors (Lipinski definition) is 1. The predicted molar refractivity (Wildman–Crippen MR) is 91.7 cm³/mol. The standard InChI is InChI=1S/C18H24N4O2/c1-13-5-3-4-11-22(13)12-10-20-18(23)16-14(2)24-21-17(16)15-6-8-19-9-7-15/h6-9,13H,3-5,10-12H2,1-2H3,(H,20,23). The Labute approximate surface area is 142 Å². The van der Waals surface area contributed by atoms with Gasteiger partial charge in [0.05, 0.1) is 0 Å². The molecule has 1 unspecified atom stereocenters. The normalized spacial score (nSPS) is 18.5. The molecule has 0 spiro atoms. The molecule has 0 radical (unpaired) electrons. The van der Waals surface area contributed by atoms with Crippen LogP contribution < -0.4 is 5.32 Å². The first-order chi connectivity index (χ1) is 11.7. The fourth-order valence-corrected chi connectivity index (χ4v) is 3.24. The highest BCUT2D eigenvalue weighted by molar-refractivity contribution is 6.00. The lowest BCUT2D eigenvalue weighted by Crippen LogP contribution is -2.42. The monoisotopic (exact) mass is 328 g/mol. The van der Waals surface area contributed by atoms with Gasteiger partial charge >= 0.3 is 0 Å². The summed E-state index contributed by atoms with van der Waals surface area (Å²) in [4.78, 5) is 19.0. The smallest absolute Gasteiger partial charge is 0.257 e. The minimum absolute atomic E-state index is 0.134. The van der Waals surface area contributed by atoms with E-state index in [1.54, 1.807) is 19.3 Å². The van der Waals surface area contributed by atoms with Crippen molar-refractivity contribution in [3.05, 3.63) is 35.9 Å². The maximum atomic E-state index is 12.6. The molecule has 1 amide bonds. The van der Waals surface area contributed by atoms with Gasteiger partial charge in [-0.3, -0.25) is 14.7 Å². The van der Waals surface area contributed by atoms with E-state index in [9.17, 15) is 4.79 Å². The number of likely N-dealkylation sites (tertiary alicyclic amines) is 1. The minimum atomic E-state index is -0.134. The van der Waals surface area contributed by atoms with Gasteiger partial charge in [-0.2, -0.15) is 0 Å². The SMILES string of the molecule is Cc1onc(-c2ccncc2)c1C(=O)NCCN1CCCCC1C. The van der Waals surface area contributed by atoms with Crippen LogP contribution in [0.1, 0.15) is 42.3 Å². The van der Waals surface area contributed by atoms with Crippen LogP contribution in [0.4, 0.5) is 0 Å². The zero-order valence-corrected chi connectivity index (χ0v) is 14.3. The van der Waals surface area contributed by atoms with Gasteiger partial charge < -0.3 is 9.84 Å². The molecule has 2 aromatic rings. The third kappa shape index (κ3) is 3.64. The number of hydrogen-bond acceptors (Lipinski definition) is 5. The number of piperidine rings is 1. The summed E-state index contributed by atoms with van der Waals surface area (Å²) in [5, 5.41) is 7.05. The number of pyridine rings is 1. The van der Waals surface area contributed by atoms with Crippen molar-refractivity contribution in [2.45, 2.75) is 39.2 Å². The molecule has 1 aliphatic rings. The average Bonchev–Trinajstić information content (AvgIpc) is 2.99. The molecule has 2 aromatic heterocycles. The lowest BCUT2D eigenvalue weighted by molar-refractivity contribution is 0.0937. The molecule has 1 aliphatic heterocycles. The van der Waals surface area contributed by atoms with Gasteiger partial charge in [-0.15, -0.1) is 0 Å². The average molecular weight is 328 g/mol. The largest absolute Gasteiger partial charge is 0.360 e. The number of aromatic nitrogens is 2. The molecular weight excluding hydrogens is 304 g/mol. The van der Waals surface area contributed by atoms with Crippen LogP contribution in [0.2, 0.25) is 0 Å². The van der Waals surface area contributed by atoms with Gasteiger partial charge in [-0.1, -0.05) is 11.6 Å². The number of rotatable bonds is 5. The Hall–Kier alpha value is -2.21. The molecule has 128 valence electrons. The van der Waals surface area contributed by atoms with Crippen molar-refractivity contribution in [1.82, 2.24) is 20.4 Å². The van der Waals surface area contributed by atoms with E-state index in [0.29, 0.717) is 29.6 Å². The summed E-state index contributed by atoms with van der Waals surface area (Å²) in [6.07, 6.45) is 7.15. The third-order valence-corrected chi connectivity index (χ3v) is 4.67. The van der Waals surface area contributed by atoms with Gasteiger partial charge in [0.1, 0.15) is 17.0 Å². The van der Waals surface area contributed by atoms with E-state index in [4.69, 9.17) is 4.52 Å². The Bertz CT molecular complexity index is 684. The second-order valence-electron chi connectivity index (χ2n) is 6.33. The van der Waals surface area contributed by atoms with Crippen LogP contribution in [0.25, 0.3) is 11.3 Å². The van der Waals surface area contributed by atoms with Crippen LogP contribution in [0.15, 0.2) is 29.0 Å². The molecule has 3 heterocycles. The molecule has 0 bridgehead atoms. The number of nitrogens with zero attached hydrogens (tertiary/aromatic N) is 3. The fourth-order valence-electron chi connectivity index (χ4n) is 3.24. The number of amides is 1. The van der Waals surface area contributed by atoms with Crippen LogP contribution in [0, 0.1) is 6.92 Å². The summed E-state index contributed by atoms with van der Waals surface area (Å²) in [6, 6.07) is 4.24. The Morgan fingerprint density at radius 2 is 2.17 bits per heavy atom. The molecule has 0 aliphatic carbocycles. The van der Waals surface area contributed by atoms with Crippen molar-refractivity contribution in [3.8, 4) is 11.3 Å². The third-order valence-electron chi connectivity index (χ3n) is 4.67. The van der Waals surface area contributed by atoms with Gasteiger partial charge in [-0.05, 0) is 45.4 Å². The highest BCUT2D eigenvalue weighted by Crippen LogP contribution is 2.24. The maximum Gasteiger partial charge on any atom is 0.257 e. The van der Waals surface area contributed by atoms with Crippen molar-refractivity contribution >= 4 is 5.91 Å². The van der Waals surface area contributed by atoms with Gasteiger partial charge in [0.25, 0.3) is 5.91 Å². The molecular formula is C18H24N4O2. The number of carbonyl (C=O) groups excluding carboxylic acids is 1. The molecule has 1 N–H and O–H groups in total. The summed E-state index contributed by atoms with van der Waals surface area (Å²) < 4.78 is 5.24. The number of carbonyl (C=O) groups is 1. The van der Waals surface area contributed by atoms with Gasteiger partial charge in [0.2, 0.25) is 0 Å². The molecule has 1 atom stereocenters. The quantitative estimate of drug-likeness (QED) is 0.913. The summed E-state index contributed by atoms with van der Waals surface area (Å²) in [7, 11) is 0. The molecule has 3 rings (SSSR count). The van der Waals surface area contributed by atoms with Crippen molar-refractivity contribution in [2.24, 2.45) is 0 Å². The first-order valence-corrected chi connectivity index (χ1v) is 8.55. The lowest BCUT2D eigenvalue weighted by atomic mass is 10.0. The highest BCUT2D eigenvalue weighted by Gasteiger charge is 2.22. The van der Waals surface area contributed by atoms with E-state index in [2.05, 4.69) is 27.3 Å². The van der Waals surface area contributed by atoms with E-state index in [1.807, 2.05) is 12.1 Å². The summed E-state index contributed by atoms with van der Waals surface area (Å²) in [5.41, 5.74) is 1.91. The first-order valence-electron chi connectivity index (χ1n) is 8.55. The number of aryl methyl sites for hydroxylation is 1. The Morgan fingerprint density at radius 3 is 2.92 bits per heavy atom. The Balaban J connectivity index is 1.64. The van der Waals surface area contributed by atoms with E-state index in [0.717, 1.165) is 18.7 Å². The van der Waals surface area contributed by atoms with Crippen LogP contribution in [-0.2, 0) is 0 Å². The van der Waals surface area contributed by atoms with Gasteiger partial charge in [-0.25, -0.2) is 0 Å². The highest BCUT2D eigenvalue weighted by atomic mass is 16.5. The molecule has 1 saturated heterocycles. The summed E-state index contributed by atoms with van der Waals surface area (Å²) >= 11 is 0. The summed E-state index contributed by atoms with van der Waals surface area (Å²) in [5.74, 6) is 0.399. The topological polar surface area (TPSA) is 71.3 Å². The van der Waals surface area contributed by atoms with E-state index in [-0.39, 0.29) is 5.91 Å². The summed E-state index contributed by atoms with van der Waals surface area (Å²) in [6.45, 7) is 6.64. The molecule has 24 heavy (non-hydrogen) atoms. The van der Waals surface area contributed by atoms with E-state index < -0.39 is 0 Å². The molecule has 0 aromatic carbocycles. The second-order valence-corrected chi connectivity index (χ2v) is 6.33. The zero-order chi connectivity index (χ0) is 16.9. The first kappa shape index (κ1) is 16.6. The minimum Gasteiger partial charge on any atom is -0.360 e. The van der Waals surface area contributed by atoms with Crippen LogP contribution >= 0.6 is 0 Å². The zero-order valence-electron chi connectivity index (χ0n) is 14.3. The van der Waals surface area contributed by atoms with Crippen LogP contribution in [0.5, 0.6) is 0 Å². The predicted octanol–water partition coefficient (Wildman–Crippen LogP) is 2.65. The van der Waals surface area contributed by atoms with Crippen molar-refractivity contribution in [1.29, 1.82) is 0 Å². The lowest BCUT2D eigenvalue weighted by Gasteiger charge is -2.33. The van der Waals surface area contributed by atoms with Crippen molar-refractivity contribution < 1.29 is 9.32 Å². The molecule has 1 fully saturated rings. The van der Waals surface area contributed by atoms with E-state index in [1.165, 1.54) is 19.3 Å². The van der Waals surface area contributed by atoms with Crippen molar-refractivity contribution in [3.63, 3.8) is 0 Å². The molecule has 6 heteroatoms. The van der Waals surface area contributed by atoms with Crippen LogP contribution in [0.3, 0.4) is 0 Å². The van der Waals surface area contributed by atoms with Crippen LogP contribution in [-0.4, -0.2) is 46.6 Å². The molecule has 0 saturated carbocycles. The van der Waals surface area contributed by atoms with Gasteiger partial charge in [0.15, 0.2) is 0 Å². The maximum absolute atomic E-state index is 12.6. The Morgan fingerprint density at radius 1 is 1.38 bits per heavy atom. The molecule has 6 nitrogen and oxygen atoms in total. The van der Waals surface area contributed by atoms with Crippen molar-refractivity contribution in [2.75, 3.05) is 19.6 Å². The fraction of sp³-hybridized carbons (Fsp3) is 0.500. The van der Waals surface area contributed by atoms with Gasteiger partial charge in [0, 0.05) is 37.1 Å². The second kappa shape index (κ2) is 7.57.